The largest absolute Gasteiger partial charge is 0.356 e. The summed E-state index contributed by atoms with van der Waals surface area (Å²) in [5, 5.41) is 3.92. The summed E-state index contributed by atoms with van der Waals surface area (Å²) in [6, 6.07) is 3.55. The molecule has 4 rings (SSSR count). The van der Waals surface area contributed by atoms with Gasteiger partial charge in [-0.2, -0.15) is 0 Å². The number of aryl methyl sites for hydroxylation is 2. The molecule has 2 fully saturated rings. The number of nitrogens with one attached hydrogen (secondary N) is 1. The molecular weight excluding hydrogens is 334 g/mol. The van der Waals surface area contributed by atoms with Gasteiger partial charge in [-0.05, 0) is 56.7 Å². The molecule has 0 radical (unpaired) electrons. The Hall–Kier alpha value is -2.01. The van der Waals surface area contributed by atoms with Crippen molar-refractivity contribution in [2.24, 2.45) is 0 Å². The zero-order chi connectivity index (χ0) is 18.6. The number of anilines is 1. The Kier molecular flexibility index (Phi) is 5.67. The molecule has 27 heavy (non-hydrogen) atoms. The van der Waals surface area contributed by atoms with Crippen LogP contribution in [-0.2, 0) is 0 Å². The molecule has 0 unspecified atom stereocenters. The van der Waals surface area contributed by atoms with Gasteiger partial charge in [0, 0.05) is 43.8 Å². The van der Waals surface area contributed by atoms with E-state index in [1.54, 1.807) is 0 Å². The standard InChI is InChI=1S/C22H31N5/c1-16-12-20(21-23-14-17(2)15-24-21)22(25-13-16)27-10-8-19(9-11-27)26-18-6-4-3-5-7-18/h12-15,18-19,26H,3-11H2,1-2H3. The van der Waals surface area contributed by atoms with Crippen LogP contribution in [0.3, 0.4) is 0 Å². The second-order valence-corrected chi connectivity index (χ2v) is 8.23. The van der Waals surface area contributed by atoms with Crippen molar-refractivity contribution in [3.05, 3.63) is 35.8 Å². The van der Waals surface area contributed by atoms with E-state index >= 15 is 0 Å². The number of rotatable bonds is 4. The third kappa shape index (κ3) is 4.46. The van der Waals surface area contributed by atoms with Crippen LogP contribution in [0.4, 0.5) is 5.82 Å². The van der Waals surface area contributed by atoms with Crippen molar-refractivity contribution in [2.75, 3.05) is 18.0 Å². The van der Waals surface area contributed by atoms with Gasteiger partial charge in [0.05, 0.1) is 5.56 Å². The molecule has 0 atom stereocenters. The summed E-state index contributed by atoms with van der Waals surface area (Å²) in [6.07, 6.45) is 15.0. The van der Waals surface area contributed by atoms with Gasteiger partial charge in [-0.15, -0.1) is 0 Å². The first-order valence-electron chi connectivity index (χ1n) is 10.5. The van der Waals surface area contributed by atoms with Gasteiger partial charge in [0.2, 0.25) is 0 Å². The first kappa shape index (κ1) is 18.4. The van der Waals surface area contributed by atoms with E-state index in [2.05, 4.69) is 33.2 Å². The molecule has 1 saturated carbocycles. The molecule has 2 aromatic heterocycles. The molecule has 144 valence electrons. The van der Waals surface area contributed by atoms with Crippen LogP contribution in [-0.4, -0.2) is 40.1 Å². The van der Waals surface area contributed by atoms with Gasteiger partial charge in [-0.1, -0.05) is 19.3 Å². The minimum atomic E-state index is 0.647. The van der Waals surface area contributed by atoms with Gasteiger partial charge < -0.3 is 10.2 Å². The minimum absolute atomic E-state index is 0.647. The van der Waals surface area contributed by atoms with Crippen LogP contribution in [0.25, 0.3) is 11.4 Å². The van der Waals surface area contributed by atoms with Crippen LogP contribution in [0.15, 0.2) is 24.7 Å². The maximum atomic E-state index is 4.77. The molecule has 0 spiro atoms. The van der Waals surface area contributed by atoms with Gasteiger partial charge in [0.25, 0.3) is 0 Å². The fourth-order valence-corrected chi connectivity index (χ4v) is 4.37. The van der Waals surface area contributed by atoms with Crippen LogP contribution < -0.4 is 10.2 Å². The molecule has 2 aliphatic rings. The maximum absolute atomic E-state index is 4.77. The number of pyridine rings is 1. The lowest BCUT2D eigenvalue weighted by atomic mass is 9.93. The number of aromatic nitrogens is 3. The second-order valence-electron chi connectivity index (χ2n) is 8.23. The van der Waals surface area contributed by atoms with Crippen LogP contribution >= 0.6 is 0 Å². The van der Waals surface area contributed by atoms with Gasteiger partial charge in [0.15, 0.2) is 5.82 Å². The average molecular weight is 366 g/mol. The van der Waals surface area contributed by atoms with E-state index < -0.39 is 0 Å². The molecule has 0 amide bonds. The van der Waals surface area contributed by atoms with E-state index in [1.807, 2.05) is 25.5 Å². The Morgan fingerprint density at radius 2 is 1.44 bits per heavy atom. The molecule has 1 N–H and O–H groups in total. The van der Waals surface area contributed by atoms with E-state index in [0.29, 0.717) is 6.04 Å². The fraction of sp³-hybridized carbons (Fsp3) is 0.591. The van der Waals surface area contributed by atoms with Crippen LogP contribution in [0.5, 0.6) is 0 Å². The second kappa shape index (κ2) is 8.34. The molecule has 5 heteroatoms. The number of piperidine rings is 1. The smallest absolute Gasteiger partial charge is 0.162 e. The van der Waals surface area contributed by atoms with E-state index in [-0.39, 0.29) is 0 Å². The molecule has 0 bridgehead atoms. The highest BCUT2D eigenvalue weighted by atomic mass is 15.2. The summed E-state index contributed by atoms with van der Waals surface area (Å²) in [5.74, 6) is 1.80. The number of hydrogen-bond donors (Lipinski definition) is 1. The normalized spacial score (nSPS) is 19.4. The Bertz CT molecular complexity index is 744. The van der Waals surface area contributed by atoms with Crippen molar-refractivity contribution in [1.29, 1.82) is 0 Å². The van der Waals surface area contributed by atoms with E-state index in [4.69, 9.17) is 4.98 Å². The highest BCUT2D eigenvalue weighted by Gasteiger charge is 2.25. The van der Waals surface area contributed by atoms with Crippen molar-refractivity contribution < 1.29 is 0 Å². The van der Waals surface area contributed by atoms with E-state index in [1.165, 1.54) is 44.9 Å². The molecule has 0 aromatic carbocycles. The zero-order valence-corrected chi connectivity index (χ0v) is 16.6. The molecule has 1 aliphatic heterocycles. The first-order valence-corrected chi connectivity index (χ1v) is 10.5. The number of hydrogen-bond acceptors (Lipinski definition) is 5. The van der Waals surface area contributed by atoms with E-state index in [0.717, 1.165) is 47.5 Å². The Balaban J connectivity index is 1.45. The van der Waals surface area contributed by atoms with Crippen molar-refractivity contribution in [3.8, 4) is 11.4 Å². The summed E-state index contributed by atoms with van der Waals surface area (Å²) < 4.78 is 0. The molecular formula is C22H31N5. The van der Waals surface area contributed by atoms with Crippen molar-refractivity contribution in [1.82, 2.24) is 20.3 Å². The molecule has 1 saturated heterocycles. The predicted octanol–water partition coefficient (Wildman–Crippen LogP) is 4.05. The predicted molar refractivity (Wildman–Crippen MR) is 110 cm³/mol. The summed E-state index contributed by atoms with van der Waals surface area (Å²) in [7, 11) is 0. The topological polar surface area (TPSA) is 53.9 Å². The minimum Gasteiger partial charge on any atom is -0.356 e. The summed E-state index contributed by atoms with van der Waals surface area (Å²) in [6.45, 7) is 6.18. The van der Waals surface area contributed by atoms with Gasteiger partial charge in [-0.25, -0.2) is 15.0 Å². The lowest BCUT2D eigenvalue weighted by Crippen LogP contribution is -2.47. The van der Waals surface area contributed by atoms with Gasteiger partial charge in [0.1, 0.15) is 5.82 Å². The third-order valence-corrected chi connectivity index (χ3v) is 5.90. The SMILES string of the molecule is Cc1cnc(-c2cc(C)cnc2N2CCC(NC3CCCCC3)CC2)nc1. The monoisotopic (exact) mass is 365 g/mol. The van der Waals surface area contributed by atoms with Crippen LogP contribution in [0.2, 0.25) is 0 Å². The number of nitrogens with zero attached hydrogens (tertiary/aromatic N) is 4. The highest BCUT2D eigenvalue weighted by Crippen LogP contribution is 2.30. The summed E-state index contributed by atoms with van der Waals surface area (Å²) in [4.78, 5) is 16.3. The molecule has 1 aliphatic carbocycles. The van der Waals surface area contributed by atoms with Crippen molar-refractivity contribution in [2.45, 2.75) is 70.9 Å². The molecule has 3 heterocycles. The average Bonchev–Trinajstić information content (AvgIpc) is 2.70. The zero-order valence-electron chi connectivity index (χ0n) is 16.6. The van der Waals surface area contributed by atoms with Crippen LogP contribution in [0, 0.1) is 13.8 Å². The molecule has 2 aromatic rings. The van der Waals surface area contributed by atoms with Gasteiger partial charge in [-0.3, -0.25) is 0 Å². The lowest BCUT2D eigenvalue weighted by Gasteiger charge is -2.36. The quantitative estimate of drug-likeness (QED) is 0.886. The molecule has 5 nitrogen and oxygen atoms in total. The first-order chi connectivity index (χ1) is 13.2. The van der Waals surface area contributed by atoms with Gasteiger partial charge >= 0.3 is 0 Å². The maximum Gasteiger partial charge on any atom is 0.162 e. The third-order valence-electron chi connectivity index (χ3n) is 5.90. The Labute approximate surface area is 162 Å². The van der Waals surface area contributed by atoms with Crippen LogP contribution in [0.1, 0.15) is 56.1 Å². The summed E-state index contributed by atoms with van der Waals surface area (Å²) >= 11 is 0. The Morgan fingerprint density at radius 1 is 0.815 bits per heavy atom. The summed E-state index contributed by atoms with van der Waals surface area (Å²) in [5.41, 5.74) is 3.27. The fourth-order valence-electron chi connectivity index (χ4n) is 4.37. The van der Waals surface area contributed by atoms with Crippen molar-refractivity contribution >= 4 is 5.82 Å². The lowest BCUT2D eigenvalue weighted by molar-refractivity contribution is 0.307. The highest BCUT2D eigenvalue weighted by molar-refractivity contribution is 5.71. The van der Waals surface area contributed by atoms with Crippen molar-refractivity contribution in [3.63, 3.8) is 0 Å². The van der Waals surface area contributed by atoms with E-state index in [9.17, 15) is 0 Å². The Morgan fingerprint density at radius 3 is 2.15 bits per heavy atom.